The molecule has 0 aliphatic rings. The van der Waals surface area contributed by atoms with Crippen molar-refractivity contribution in [3.8, 4) is 5.69 Å². The van der Waals surface area contributed by atoms with Gasteiger partial charge < -0.3 is 5.32 Å². The summed E-state index contributed by atoms with van der Waals surface area (Å²) < 4.78 is 1.80. The van der Waals surface area contributed by atoms with Crippen LogP contribution in [-0.4, -0.2) is 15.3 Å². The third kappa shape index (κ3) is 3.75. The number of hydrogen-bond donors (Lipinski definition) is 1. The maximum Gasteiger partial charge on any atom is 0.0819 e. The number of aromatic nitrogens is 2. The highest BCUT2D eigenvalue weighted by atomic mass is 35.5. The van der Waals surface area contributed by atoms with E-state index in [-0.39, 0.29) is 5.54 Å². The van der Waals surface area contributed by atoms with Crippen molar-refractivity contribution < 1.29 is 0 Å². The molecule has 1 aromatic carbocycles. The predicted molar refractivity (Wildman–Crippen MR) is 84.9 cm³/mol. The van der Waals surface area contributed by atoms with Crippen molar-refractivity contribution in [2.45, 2.75) is 39.8 Å². The molecule has 0 spiro atoms. The fraction of sp³-hybridized carbons (Fsp3) is 0.400. The third-order valence-corrected chi connectivity index (χ3v) is 3.54. The van der Waals surface area contributed by atoms with Gasteiger partial charge in [-0.25, -0.2) is 4.68 Å². The molecule has 0 aliphatic carbocycles. The molecule has 0 amide bonds. The number of benzene rings is 1. The zero-order valence-corrected chi connectivity index (χ0v) is 13.7. The molecule has 0 unspecified atom stereocenters. The normalized spacial score (nSPS) is 11.9. The van der Waals surface area contributed by atoms with Crippen LogP contribution < -0.4 is 5.32 Å². The lowest BCUT2D eigenvalue weighted by Crippen LogP contribution is -2.35. The van der Waals surface area contributed by atoms with E-state index in [1.54, 1.807) is 4.68 Å². The molecule has 0 saturated heterocycles. The van der Waals surface area contributed by atoms with Gasteiger partial charge in [-0.05, 0) is 51.5 Å². The van der Waals surface area contributed by atoms with Gasteiger partial charge in [-0.1, -0.05) is 23.2 Å². The Labute approximate surface area is 129 Å². The van der Waals surface area contributed by atoms with Gasteiger partial charge in [0.25, 0.3) is 0 Å². The van der Waals surface area contributed by atoms with Crippen molar-refractivity contribution in [3.63, 3.8) is 0 Å². The van der Waals surface area contributed by atoms with Gasteiger partial charge in [0, 0.05) is 23.3 Å². The zero-order valence-electron chi connectivity index (χ0n) is 12.2. The molecule has 0 saturated carbocycles. The van der Waals surface area contributed by atoms with Gasteiger partial charge >= 0.3 is 0 Å². The van der Waals surface area contributed by atoms with Crippen molar-refractivity contribution >= 4 is 23.2 Å². The van der Waals surface area contributed by atoms with Crippen molar-refractivity contribution in [1.29, 1.82) is 0 Å². The topological polar surface area (TPSA) is 29.9 Å². The van der Waals surface area contributed by atoms with Crippen LogP contribution >= 0.6 is 23.2 Å². The molecule has 2 rings (SSSR count). The first-order valence-corrected chi connectivity index (χ1v) is 7.27. The third-order valence-electron chi connectivity index (χ3n) is 2.94. The Morgan fingerprint density at radius 1 is 1.25 bits per heavy atom. The first-order chi connectivity index (χ1) is 9.26. The predicted octanol–water partition coefficient (Wildman–Crippen LogP) is 4.38. The molecule has 3 nitrogen and oxygen atoms in total. The highest BCUT2D eigenvalue weighted by Gasteiger charge is 2.13. The number of rotatable bonds is 3. The van der Waals surface area contributed by atoms with Crippen LogP contribution in [0.2, 0.25) is 10.0 Å². The van der Waals surface area contributed by atoms with Crippen molar-refractivity contribution in [2.75, 3.05) is 0 Å². The summed E-state index contributed by atoms with van der Waals surface area (Å²) in [6, 6.07) is 5.79. The Morgan fingerprint density at radius 3 is 2.50 bits per heavy atom. The molecule has 0 atom stereocenters. The molecular weight excluding hydrogens is 293 g/mol. The van der Waals surface area contributed by atoms with E-state index in [4.69, 9.17) is 23.2 Å². The lowest BCUT2D eigenvalue weighted by molar-refractivity contribution is 0.424. The van der Waals surface area contributed by atoms with Gasteiger partial charge in [0.15, 0.2) is 0 Å². The lowest BCUT2D eigenvalue weighted by Gasteiger charge is -2.21. The van der Waals surface area contributed by atoms with Crippen molar-refractivity contribution in [1.82, 2.24) is 15.1 Å². The minimum Gasteiger partial charge on any atom is -0.308 e. The fourth-order valence-electron chi connectivity index (χ4n) is 1.84. The molecule has 20 heavy (non-hydrogen) atoms. The van der Waals surface area contributed by atoms with Crippen LogP contribution in [0.4, 0.5) is 0 Å². The SMILES string of the molecule is Cc1nn(-c2ccc(Cl)cc2CNC(C)(C)C)cc1Cl. The maximum atomic E-state index is 6.11. The van der Waals surface area contributed by atoms with Crippen LogP contribution in [0, 0.1) is 6.92 Å². The molecule has 1 N–H and O–H groups in total. The molecule has 0 aliphatic heterocycles. The molecular formula is C15H19Cl2N3. The smallest absolute Gasteiger partial charge is 0.0819 e. The first kappa shape index (κ1) is 15.4. The molecule has 1 aromatic heterocycles. The van der Waals surface area contributed by atoms with Gasteiger partial charge in [-0.2, -0.15) is 5.10 Å². The van der Waals surface area contributed by atoms with E-state index in [0.717, 1.165) is 28.5 Å². The Bertz CT molecular complexity index is 593. The van der Waals surface area contributed by atoms with Crippen LogP contribution in [-0.2, 0) is 6.54 Å². The number of nitrogens with zero attached hydrogens (tertiary/aromatic N) is 2. The van der Waals surface area contributed by atoms with Gasteiger partial charge in [-0.15, -0.1) is 0 Å². The number of nitrogens with one attached hydrogen (secondary N) is 1. The summed E-state index contributed by atoms with van der Waals surface area (Å²) in [7, 11) is 0. The first-order valence-electron chi connectivity index (χ1n) is 6.52. The summed E-state index contributed by atoms with van der Waals surface area (Å²) in [5.41, 5.74) is 2.93. The summed E-state index contributed by atoms with van der Waals surface area (Å²) >= 11 is 12.2. The Balaban J connectivity index is 2.37. The minimum absolute atomic E-state index is 0.0390. The quantitative estimate of drug-likeness (QED) is 0.912. The summed E-state index contributed by atoms with van der Waals surface area (Å²) in [4.78, 5) is 0. The molecule has 1 heterocycles. The van der Waals surface area contributed by atoms with Crippen LogP contribution in [0.25, 0.3) is 5.69 Å². The van der Waals surface area contributed by atoms with Gasteiger partial charge in [0.05, 0.1) is 16.4 Å². The molecule has 5 heteroatoms. The van der Waals surface area contributed by atoms with E-state index < -0.39 is 0 Å². The van der Waals surface area contributed by atoms with E-state index in [2.05, 4.69) is 31.2 Å². The van der Waals surface area contributed by atoms with Gasteiger partial charge in [-0.3, -0.25) is 0 Å². The Hall–Kier alpha value is -1.03. The van der Waals surface area contributed by atoms with Crippen LogP contribution in [0.15, 0.2) is 24.4 Å². The summed E-state index contributed by atoms with van der Waals surface area (Å²) in [5, 5.41) is 9.27. The molecule has 0 bridgehead atoms. The summed E-state index contributed by atoms with van der Waals surface area (Å²) in [6.45, 7) is 9.00. The highest BCUT2D eigenvalue weighted by molar-refractivity contribution is 6.31. The van der Waals surface area contributed by atoms with Crippen molar-refractivity contribution in [2.24, 2.45) is 0 Å². The molecule has 0 radical (unpaired) electrons. The van der Waals surface area contributed by atoms with Crippen LogP contribution in [0.3, 0.4) is 0 Å². The van der Waals surface area contributed by atoms with E-state index in [9.17, 15) is 0 Å². The van der Waals surface area contributed by atoms with E-state index in [0.29, 0.717) is 5.02 Å². The Morgan fingerprint density at radius 2 is 1.95 bits per heavy atom. The largest absolute Gasteiger partial charge is 0.308 e. The Kier molecular flexibility index (Phi) is 4.43. The van der Waals surface area contributed by atoms with E-state index in [1.807, 2.05) is 31.3 Å². The number of halogens is 2. The van der Waals surface area contributed by atoms with Gasteiger partial charge in [0.2, 0.25) is 0 Å². The number of aryl methyl sites for hydroxylation is 1. The molecule has 0 fully saturated rings. The van der Waals surface area contributed by atoms with Crippen LogP contribution in [0.5, 0.6) is 0 Å². The average molecular weight is 312 g/mol. The highest BCUT2D eigenvalue weighted by Crippen LogP contribution is 2.22. The lowest BCUT2D eigenvalue weighted by atomic mass is 10.1. The van der Waals surface area contributed by atoms with Crippen LogP contribution in [0.1, 0.15) is 32.0 Å². The second kappa shape index (κ2) is 5.76. The molecule has 108 valence electrons. The average Bonchev–Trinajstić information content (AvgIpc) is 2.66. The second-order valence-corrected chi connectivity index (χ2v) is 6.73. The fourth-order valence-corrected chi connectivity index (χ4v) is 2.17. The molecule has 2 aromatic rings. The zero-order chi connectivity index (χ0) is 14.9. The monoisotopic (exact) mass is 311 g/mol. The second-order valence-electron chi connectivity index (χ2n) is 5.88. The number of hydrogen-bond acceptors (Lipinski definition) is 2. The standard InChI is InChI=1S/C15H19Cl2N3/c1-10-13(17)9-20(19-10)14-6-5-12(16)7-11(14)8-18-15(2,3)4/h5-7,9,18H,8H2,1-4H3. The van der Waals surface area contributed by atoms with E-state index >= 15 is 0 Å². The minimum atomic E-state index is 0.0390. The van der Waals surface area contributed by atoms with Gasteiger partial charge in [0.1, 0.15) is 0 Å². The summed E-state index contributed by atoms with van der Waals surface area (Å²) in [6.07, 6.45) is 1.82. The maximum absolute atomic E-state index is 6.11. The van der Waals surface area contributed by atoms with E-state index in [1.165, 1.54) is 0 Å². The summed E-state index contributed by atoms with van der Waals surface area (Å²) in [5.74, 6) is 0. The van der Waals surface area contributed by atoms with Crippen molar-refractivity contribution in [3.05, 3.63) is 45.7 Å².